The molecule has 2 aromatic rings. The van der Waals surface area contributed by atoms with Gasteiger partial charge in [-0.3, -0.25) is 4.90 Å². The molecule has 0 heterocycles. The van der Waals surface area contributed by atoms with E-state index in [4.69, 9.17) is 9.47 Å². The van der Waals surface area contributed by atoms with E-state index in [1.165, 1.54) is 13.2 Å². The summed E-state index contributed by atoms with van der Waals surface area (Å²) in [5.41, 5.74) is 3.19. The molecule has 7 heteroatoms. The van der Waals surface area contributed by atoms with Gasteiger partial charge in [-0.1, -0.05) is 57.4 Å². The monoisotopic (exact) mass is 468 g/mol. The van der Waals surface area contributed by atoms with E-state index < -0.39 is 5.97 Å². The van der Waals surface area contributed by atoms with Crippen LogP contribution in [0.4, 0.5) is 10.5 Å². The van der Waals surface area contributed by atoms with E-state index >= 15 is 0 Å². The maximum Gasteiger partial charge on any atom is 0.371 e. The molecule has 0 aliphatic rings. The topological polar surface area (TPSA) is 88.1 Å². The Morgan fingerprint density at radius 3 is 2.50 bits per heavy atom. The van der Waals surface area contributed by atoms with E-state index in [9.17, 15) is 14.7 Å². The van der Waals surface area contributed by atoms with Gasteiger partial charge in [0.25, 0.3) is 0 Å². The predicted octanol–water partition coefficient (Wildman–Crippen LogP) is 5.94. The van der Waals surface area contributed by atoms with Gasteiger partial charge >= 0.3 is 12.0 Å². The Morgan fingerprint density at radius 1 is 1.06 bits per heavy atom. The van der Waals surface area contributed by atoms with Crippen LogP contribution in [0.1, 0.15) is 51.5 Å². The first-order valence-corrected chi connectivity index (χ1v) is 11.8. The molecule has 7 nitrogen and oxygen atoms in total. The first kappa shape index (κ1) is 26.8. The molecule has 2 rings (SSSR count). The summed E-state index contributed by atoms with van der Waals surface area (Å²) >= 11 is 0. The quantitative estimate of drug-likeness (QED) is 0.216. The van der Waals surface area contributed by atoms with Crippen LogP contribution in [0.25, 0.3) is 17.2 Å². The third kappa shape index (κ3) is 7.83. The largest absolute Gasteiger partial charge is 0.493 e. The van der Waals surface area contributed by atoms with Crippen molar-refractivity contribution in [1.82, 2.24) is 5.32 Å². The summed E-state index contributed by atoms with van der Waals surface area (Å²) in [5.74, 6) is -0.642. The van der Waals surface area contributed by atoms with Crippen LogP contribution in [0, 0.1) is 0 Å². The van der Waals surface area contributed by atoms with Crippen molar-refractivity contribution >= 4 is 23.8 Å². The second kappa shape index (κ2) is 13.9. The molecule has 2 N–H and O–H groups in total. The lowest BCUT2D eigenvalue weighted by atomic mass is 10.0. The number of nitrogens with zero attached hydrogens (tertiary/aromatic N) is 1. The van der Waals surface area contributed by atoms with E-state index in [-0.39, 0.29) is 11.8 Å². The SMILES string of the molecule is CCCCCNC(=O)N(C)c1cccc(-c2ccc(C=C(OC)C(=O)O)cc2OCCCC)c1. The molecule has 0 saturated heterocycles. The number of aliphatic carboxylic acids is 1. The van der Waals surface area contributed by atoms with Crippen molar-refractivity contribution in [1.29, 1.82) is 0 Å². The maximum absolute atomic E-state index is 12.6. The Hall–Kier alpha value is -3.48. The number of ether oxygens (including phenoxy) is 2. The Balaban J connectivity index is 2.33. The van der Waals surface area contributed by atoms with Crippen molar-refractivity contribution in [3.05, 3.63) is 53.8 Å². The zero-order valence-corrected chi connectivity index (χ0v) is 20.6. The van der Waals surface area contributed by atoms with Crippen LogP contribution in [-0.2, 0) is 9.53 Å². The summed E-state index contributed by atoms with van der Waals surface area (Å²) in [6, 6.07) is 13.1. The molecule has 0 fully saturated rings. The molecule has 0 saturated carbocycles. The Bertz CT molecular complexity index is 987. The molecule has 0 aromatic heterocycles. The predicted molar refractivity (Wildman–Crippen MR) is 136 cm³/mol. The van der Waals surface area contributed by atoms with E-state index in [0.717, 1.165) is 48.9 Å². The van der Waals surface area contributed by atoms with Gasteiger partial charge in [-0.2, -0.15) is 0 Å². The third-order valence-electron chi connectivity index (χ3n) is 5.40. The minimum Gasteiger partial charge on any atom is -0.493 e. The molecule has 34 heavy (non-hydrogen) atoms. The molecule has 0 aliphatic carbocycles. The molecule has 0 unspecified atom stereocenters. The minimum atomic E-state index is -1.14. The fourth-order valence-electron chi connectivity index (χ4n) is 3.36. The van der Waals surface area contributed by atoms with Crippen molar-refractivity contribution in [3.8, 4) is 16.9 Å². The zero-order valence-electron chi connectivity index (χ0n) is 20.6. The summed E-state index contributed by atoms with van der Waals surface area (Å²) in [6.07, 6.45) is 6.51. The molecule has 0 bridgehead atoms. The standard InChI is InChI=1S/C27H36N2O5/c1-5-7-9-15-28-27(32)29(3)22-12-10-11-21(19-22)23-14-13-20(18-25(33-4)26(30)31)17-24(23)34-16-8-6-2/h10-14,17-19H,5-9,15-16H2,1-4H3,(H,28,32)(H,30,31). The highest BCUT2D eigenvalue weighted by atomic mass is 16.5. The van der Waals surface area contributed by atoms with Gasteiger partial charge in [-0.05, 0) is 48.2 Å². The highest BCUT2D eigenvalue weighted by Gasteiger charge is 2.14. The summed E-state index contributed by atoms with van der Waals surface area (Å²) in [4.78, 5) is 25.5. The Kier molecular flexibility index (Phi) is 11.0. The molecule has 0 radical (unpaired) electrons. The first-order chi connectivity index (χ1) is 16.4. The molecule has 0 spiro atoms. The second-order valence-electron chi connectivity index (χ2n) is 8.02. The molecule has 184 valence electrons. The second-order valence-corrected chi connectivity index (χ2v) is 8.02. The number of benzene rings is 2. The average Bonchev–Trinajstić information content (AvgIpc) is 2.84. The van der Waals surface area contributed by atoms with E-state index in [2.05, 4.69) is 19.2 Å². The lowest BCUT2D eigenvalue weighted by Crippen LogP contribution is -2.37. The third-order valence-corrected chi connectivity index (χ3v) is 5.40. The number of rotatable bonds is 13. The minimum absolute atomic E-state index is 0.145. The average molecular weight is 469 g/mol. The molecular formula is C27H36N2O5. The summed E-state index contributed by atoms with van der Waals surface area (Å²) in [7, 11) is 3.08. The van der Waals surface area contributed by atoms with Crippen LogP contribution in [0.3, 0.4) is 0 Å². The lowest BCUT2D eigenvalue weighted by Gasteiger charge is -2.20. The summed E-state index contributed by atoms with van der Waals surface area (Å²) in [6.45, 7) is 5.42. The maximum atomic E-state index is 12.6. The number of carboxylic acid groups (broad SMARTS) is 1. The fourth-order valence-corrected chi connectivity index (χ4v) is 3.36. The van der Waals surface area contributed by atoms with Gasteiger partial charge in [-0.25, -0.2) is 9.59 Å². The van der Waals surface area contributed by atoms with Gasteiger partial charge in [0.1, 0.15) is 5.75 Å². The highest BCUT2D eigenvalue weighted by Crippen LogP contribution is 2.34. The van der Waals surface area contributed by atoms with Crippen molar-refractivity contribution in [2.75, 3.05) is 32.2 Å². The van der Waals surface area contributed by atoms with Crippen LogP contribution >= 0.6 is 0 Å². The van der Waals surface area contributed by atoms with E-state index in [1.54, 1.807) is 11.9 Å². The van der Waals surface area contributed by atoms with Gasteiger partial charge in [-0.15, -0.1) is 0 Å². The van der Waals surface area contributed by atoms with Crippen LogP contribution in [-0.4, -0.2) is 44.4 Å². The summed E-state index contributed by atoms with van der Waals surface area (Å²) in [5, 5.41) is 12.2. The zero-order chi connectivity index (χ0) is 24.9. The molecule has 0 aliphatic heterocycles. The number of amides is 2. The number of anilines is 1. The van der Waals surface area contributed by atoms with E-state index in [0.29, 0.717) is 24.5 Å². The van der Waals surface area contributed by atoms with Gasteiger partial charge in [0, 0.05) is 24.8 Å². The van der Waals surface area contributed by atoms with Gasteiger partial charge in [0.05, 0.1) is 13.7 Å². The number of hydrogen-bond acceptors (Lipinski definition) is 4. The van der Waals surface area contributed by atoms with Crippen molar-refractivity contribution in [3.63, 3.8) is 0 Å². The van der Waals surface area contributed by atoms with Crippen LogP contribution in [0.2, 0.25) is 0 Å². The van der Waals surface area contributed by atoms with Crippen LogP contribution in [0.15, 0.2) is 48.2 Å². The lowest BCUT2D eigenvalue weighted by molar-refractivity contribution is -0.135. The number of unbranched alkanes of at least 4 members (excludes halogenated alkanes) is 3. The number of nitrogens with one attached hydrogen (secondary N) is 1. The van der Waals surface area contributed by atoms with Crippen molar-refractivity contribution < 1.29 is 24.2 Å². The number of urea groups is 1. The smallest absolute Gasteiger partial charge is 0.371 e. The molecule has 2 aromatic carbocycles. The van der Waals surface area contributed by atoms with Crippen LogP contribution < -0.4 is 15.0 Å². The Morgan fingerprint density at radius 2 is 1.82 bits per heavy atom. The van der Waals surface area contributed by atoms with E-state index in [1.807, 2.05) is 42.5 Å². The number of carboxylic acids is 1. The van der Waals surface area contributed by atoms with Gasteiger partial charge in [0.15, 0.2) is 0 Å². The number of carbonyl (C=O) groups is 2. The van der Waals surface area contributed by atoms with Crippen LogP contribution in [0.5, 0.6) is 5.75 Å². The molecule has 0 atom stereocenters. The number of hydrogen-bond donors (Lipinski definition) is 2. The highest BCUT2D eigenvalue weighted by molar-refractivity contribution is 5.92. The van der Waals surface area contributed by atoms with Gasteiger partial charge in [0.2, 0.25) is 5.76 Å². The summed E-state index contributed by atoms with van der Waals surface area (Å²) < 4.78 is 11.0. The van der Waals surface area contributed by atoms with Crippen molar-refractivity contribution in [2.45, 2.75) is 46.0 Å². The van der Waals surface area contributed by atoms with Crippen molar-refractivity contribution in [2.24, 2.45) is 0 Å². The normalized spacial score (nSPS) is 11.1. The van der Waals surface area contributed by atoms with Gasteiger partial charge < -0.3 is 19.9 Å². The first-order valence-electron chi connectivity index (χ1n) is 11.8. The number of methoxy groups -OCH3 is 1. The number of carbonyl (C=O) groups excluding carboxylic acids is 1. The Labute approximate surface area is 202 Å². The fraction of sp³-hybridized carbons (Fsp3) is 0.407. The molecule has 2 amide bonds. The molecular weight excluding hydrogens is 432 g/mol.